The summed E-state index contributed by atoms with van der Waals surface area (Å²) in [4.78, 5) is 16.9. The fourth-order valence-corrected chi connectivity index (χ4v) is 2.84. The topological polar surface area (TPSA) is 87.5 Å². The highest BCUT2D eigenvalue weighted by atomic mass is 16.5. The van der Waals surface area contributed by atoms with Crippen molar-refractivity contribution >= 4 is 11.9 Å². The summed E-state index contributed by atoms with van der Waals surface area (Å²) in [6, 6.07) is 7.00. The molecular weight excluding hydrogens is 324 g/mol. The SMILES string of the molecule is CCOC(=O)C1=C(COC)Nc2ncnn2C1c1cccc(OC)c1. The lowest BCUT2D eigenvalue weighted by Gasteiger charge is -2.29. The quantitative estimate of drug-likeness (QED) is 0.799. The van der Waals surface area contributed by atoms with Crippen LogP contribution in [0.1, 0.15) is 18.5 Å². The summed E-state index contributed by atoms with van der Waals surface area (Å²) >= 11 is 0. The lowest BCUT2D eigenvalue weighted by Crippen LogP contribution is -2.31. The van der Waals surface area contributed by atoms with Gasteiger partial charge in [0.2, 0.25) is 5.95 Å². The lowest BCUT2D eigenvalue weighted by atomic mass is 9.95. The van der Waals surface area contributed by atoms with Gasteiger partial charge in [-0.1, -0.05) is 12.1 Å². The van der Waals surface area contributed by atoms with Crippen LogP contribution >= 0.6 is 0 Å². The second-order valence-corrected chi connectivity index (χ2v) is 5.38. The summed E-state index contributed by atoms with van der Waals surface area (Å²) in [5, 5.41) is 7.38. The molecule has 1 unspecified atom stereocenters. The number of nitrogens with one attached hydrogen (secondary N) is 1. The Labute approximate surface area is 145 Å². The molecule has 2 heterocycles. The number of ether oxygens (including phenoxy) is 3. The molecule has 0 aliphatic carbocycles. The molecule has 0 radical (unpaired) electrons. The van der Waals surface area contributed by atoms with Gasteiger partial charge in [0.25, 0.3) is 0 Å². The van der Waals surface area contributed by atoms with E-state index in [4.69, 9.17) is 14.2 Å². The predicted molar refractivity (Wildman–Crippen MR) is 90.3 cm³/mol. The number of nitrogens with zero attached hydrogens (tertiary/aromatic N) is 3. The van der Waals surface area contributed by atoms with Crippen LogP contribution in [0.5, 0.6) is 5.75 Å². The van der Waals surface area contributed by atoms with Crippen LogP contribution in [0.15, 0.2) is 41.9 Å². The largest absolute Gasteiger partial charge is 0.497 e. The lowest BCUT2D eigenvalue weighted by molar-refractivity contribution is -0.139. The highest BCUT2D eigenvalue weighted by Gasteiger charge is 2.35. The first kappa shape index (κ1) is 17.0. The number of methoxy groups -OCH3 is 2. The van der Waals surface area contributed by atoms with Crippen molar-refractivity contribution in [1.29, 1.82) is 0 Å². The van der Waals surface area contributed by atoms with E-state index in [1.165, 1.54) is 6.33 Å². The van der Waals surface area contributed by atoms with Crippen molar-refractivity contribution in [3.63, 3.8) is 0 Å². The summed E-state index contributed by atoms with van der Waals surface area (Å²) in [7, 11) is 3.16. The van der Waals surface area contributed by atoms with E-state index in [1.807, 2.05) is 24.3 Å². The van der Waals surface area contributed by atoms with Crippen LogP contribution < -0.4 is 10.1 Å². The third kappa shape index (κ3) is 3.20. The van der Waals surface area contributed by atoms with Crippen molar-refractivity contribution < 1.29 is 19.0 Å². The summed E-state index contributed by atoms with van der Waals surface area (Å²) in [5.74, 6) is 0.804. The molecule has 1 N–H and O–H groups in total. The first-order chi connectivity index (χ1) is 12.2. The second-order valence-electron chi connectivity index (χ2n) is 5.38. The summed E-state index contributed by atoms with van der Waals surface area (Å²) in [6.07, 6.45) is 1.44. The van der Waals surface area contributed by atoms with Gasteiger partial charge in [-0.2, -0.15) is 10.1 Å². The summed E-state index contributed by atoms with van der Waals surface area (Å²) in [6.45, 7) is 2.27. The molecular formula is C17H20N4O4. The van der Waals surface area contributed by atoms with Crippen LogP contribution in [0.4, 0.5) is 5.95 Å². The van der Waals surface area contributed by atoms with Crippen LogP contribution in [-0.4, -0.2) is 48.2 Å². The second kappa shape index (κ2) is 7.35. The van der Waals surface area contributed by atoms with Gasteiger partial charge in [-0.15, -0.1) is 0 Å². The van der Waals surface area contributed by atoms with E-state index >= 15 is 0 Å². The van der Waals surface area contributed by atoms with Gasteiger partial charge >= 0.3 is 5.97 Å². The number of hydrogen-bond donors (Lipinski definition) is 1. The molecule has 1 aromatic carbocycles. The Balaban J connectivity index is 2.17. The van der Waals surface area contributed by atoms with E-state index in [-0.39, 0.29) is 13.2 Å². The molecule has 1 atom stereocenters. The van der Waals surface area contributed by atoms with Crippen LogP contribution in [-0.2, 0) is 14.3 Å². The zero-order chi connectivity index (χ0) is 17.8. The van der Waals surface area contributed by atoms with Crippen LogP contribution in [0, 0.1) is 0 Å². The zero-order valence-electron chi connectivity index (χ0n) is 14.4. The van der Waals surface area contributed by atoms with Gasteiger partial charge in [-0.25, -0.2) is 9.48 Å². The first-order valence-corrected chi connectivity index (χ1v) is 7.89. The third-order valence-corrected chi connectivity index (χ3v) is 3.87. The summed E-state index contributed by atoms with van der Waals surface area (Å²) in [5.41, 5.74) is 1.88. The Morgan fingerprint density at radius 3 is 2.92 bits per heavy atom. The van der Waals surface area contributed by atoms with Crippen LogP contribution in [0.3, 0.4) is 0 Å². The molecule has 8 heteroatoms. The van der Waals surface area contributed by atoms with Crippen molar-refractivity contribution in [3.8, 4) is 5.75 Å². The molecule has 1 aromatic heterocycles. The Morgan fingerprint density at radius 1 is 1.36 bits per heavy atom. The number of anilines is 1. The average molecular weight is 344 g/mol. The maximum atomic E-state index is 12.7. The smallest absolute Gasteiger partial charge is 0.338 e. The fraction of sp³-hybridized carbons (Fsp3) is 0.353. The third-order valence-electron chi connectivity index (χ3n) is 3.87. The normalized spacial score (nSPS) is 16.2. The summed E-state index contributed by atoms with van der Waals surface area (Å²) < 4.78 is 17.5. The molecule has 0 fully saturated rings. The van der Waals surface area contributed by atoms with Gasteiger partial charge in [-0.3, -0.25) is 0 Å². The van der Waals surface area contributed by atoms with Gasteiger partial charge in [-0.05, 0) is 24.6 Å². The molecule has 0 spiro atoms. The van der Waals surface area contributed by atoms with Crippen LogP contribution in [0.2, 0.25) is 0 Å². The number of benzene rings is 1. The molecule has 0 saturated carbocycles. The Morgan fingerprint density at radius 2 is 2.20 bits per heavy atom. The van der Waals surface area contributed by atoms with Crippen molar-refractivity contribution in [1.82, 2.24) is 14.8 Å². The monoisotopic (exact) mass is 344 g/mol. The average Bonchev–Trinajstić information content (AvgIpc) is 3.09. The van der Waals surface area contributed by atoms with Gasteiger partial charge < -0.3 is 19.5 Å². The van der Waals surface area contributed by atoms with Crippen molar-refractivity contribution in [2.45, 2.75) is 13.0 Å². The van der Waals surface area contributed by atoms with E-state index in [0.29, 0.717) is 23.0 Å². The highest BCUT2D eigenvalue weighted by Crippen LogP contribution is 2.36. The molecule has 0 bridgehead atoms. The van der Waals surface area contributed by atoms with Crippen molar-refractivity contribution in [2.75, 3.05) is 32.8 Å². The Bertz CT molecular complexity index is 799. The molecule has 1 aliphatic heterocycles. The molecule has 25 heavy (non-hydrogen) atoms. The number of carbonyl (C=O) groups excluding carboxylic acids is 1. The first-order valence-electron chi connectivity index (χ1n) is 7.89. The van der Waals surface area contributed by atoms with E-state index in [9.17, 15) is 4.79 Å². The molecule has 0 amide bonds. The molecule has 2 aromatic rings. The number of esters is 1. The maximum Gasteiger partial charge on any atom is 0.338 e. The standard InChI is InChI=1S/C17H20N4O4/c1-4-25-16(22)14-13(9-23-2)20-17-18-10-19-21(17)15(14)11-6-5-7-12(8-11)24-3/h5-8,10,15H,4,9H2,1-3H3,(H,18,19,20). The van der Waals surface area contributed by atoms with Gasteiger partial charge in [0.05, 0.1) is 31.6 Å². The highest BCUT2D eigenvalue weighted by molar-refractivity contribution is 5.92. The van der Waals surface area contributed by atoms with Crippen molar-refractivity contribution in [2.24, 2.45) is 0 Å². The fourth-order valence-electron chi connectivity index (χ4n) is 2.84. The number of carbonyl (C=O) groups is 1. The Kier molecular flexibility index (Phi) is 4.99. The van der Waals surface area contributed by atoms with E-state index in [1.54, 1.807) is 25.8 Å². The number of aromatic nitrogens is 3. The zero-order valence-corrected chi connectivity index (χ0v) is 14.4. The molecule has 0 saturated heterocycles. The van der Waals surface area contributed by atoms with Crippen molar-refractivity contribution in [3.05, 3.63) is 47.4 Å². The minimum absolute atomic E-state index is 0.224. The van der Waals surface area contributed by atoms with Gasteiger partial charge in [0.1, 0.15) is 18.1 Å². The molecule has 8 nitrogen and oxygen atoms in total. The van der Waals surface area contributed by atoms with Gasteiger partial charge in [0.15, 0.2) is 0 Å². The maximum absolute atomic E-state index is 12.7. The predicted octanol–water partition coefficient (Wildman–Crippen LogP) is 1.77. The van der Waals surface area contributed by atoms with Crippen LogP contribution in [0.25, 0.3) is 0 Å². The number of rotatable bonds is 6. The number of fused-ring (bicyclic) bond motifs is 1. The van der Waals surface area contributed by atoms with Gasteiger partial charge in [0, 0.05) is 7.11 Å². The number of hydrogen-bond acceptors (Lipinski definition) is 7. The molecule has 1 aliphatic rings. The minimum Gasteiger partial charge on any atom is -0.497 e. The minimum atomic E-state index is -0.488. The molecule has 132 valence electrons. The van der Waals surface area contributed by atoms with E-state index in [2.05, 4.69) is 15.4 Å². The van der Waals surface area contributed by atoms with E-state index in [0.717, 1.165) is 5.56 Å². The Hall–Kier alpha value is -2.87. The van der Waals surface area contributed by atoms with E-state index < -0.39 is 12.0 Å². The molecule has 3 rings (SSSR count).